The summed E-state index contributed by atoms with van der Waals surface area (Å²) < 4.78 is 7.93. The molecule has 2 aromatic heterocycles. The number of H-pyrrole nitrogens is 1. The van der Waals surface area contributed by atoms with Gasteiger partial charge in [-0.15, -0.1) is 0 Å². The van der Waals surface area contributed by atoms with Crippen LogP contribution in [0, 0.1) is 11.7 Å². The second-order valence-electron chi connectivity index (χ2n) is 4.37. The molecule has 5 heteroatoms. The Labute approximate surface area is 115 Å². The van der Waals surface area contributed by atoms with Crippen molar-refractivity contribution in [1.29, 1.82) is 0 Å². The Bertz CT molecular complexity index is 739. The number of rotatable bonds is 3. The van der Waals surface area contributed by atoms with Crippen LogP contribution in [0.15, 0.2) is 47.1 Å². The maximum absolute atomic E-state index is 5.32. The summed E-state index contributed by atoms with van der Waals surface area (Å²) in [4.78, 5) is 3.08. The van der Waals surface area contributed by atoms with Gasteiger partial charge in [-0.3, -0.25) is 0 Å². The van der Waals surface area contributed by atoms with Gasteiger partial charge in [0.1, 0.15) is 0 Å². The summed E-state index contributed by atoms with van der Waals surface area (Å²) in [5.74, 6) is 0.797. The SMILES string of the molecule is Cc1cc(Cn2c(-c3ccccc3)c[nH]c2=S)on1. The first-order valence-electron chi connectivity index (χ1n) is 6.00. The standard InChI is InChI=1S/C14H13N3OS/c1-10-7-12(18-16-10)9-17-13(8-15-14(17)19)11-5-3-2-4-6-11/h2-8H,9H2,1H3,(H,15,19). The highest BCUT2D eigenvalue weighted by atomic mass is 32.1. The Hall–Kier alpha value is -2.14. The molecule has 1 aromatic carbocycles. The van der Waals surface area contributed by atoms with Gasteiger partial charge in [0, 0.05) is 12.3 Å². The molecule has 0 aliphatic heterocycles. The minimum atomic E-state index is 0.577. The van der Waals surface area contributed by atoms with Crippen LogP contribution in [0.3, 0.4) is 0 Å². The first kappa shape index (κ1) is 11.9. The van der Waals surface area contributed by atoms with Crippen LogP contribution in [0.1, 0.15) is 11.5 Å². The number of aryl methyl sites for hydroxylation is 1. The van der Waals surface area contributed by atoms with E-state index in [0.717, 1.165) is 22.7 Å². The third-order valence-corrected chi connectivity index (χ3v) is 3.27. The molecule has 4 nitrogen and oxygen atoms in total. The quantitative estimate of drug-likeness (QED) is 0.741. The van der Waals surface area contributed by atoms with E-state index in [-0.39, 0.29) is 0 Å². The van der Waals surface area contributed by atoms with E-state index in [1.54, 1.807) is 0 Å². The molecule has 1 N–H and O–H groups in total. The lowest BCUT2D eigenvalue weighted by Gasteiger charge is -2.06. The van der Waals surface area contributed by atoms with Crippen molar-refractivity contribution in [2.75, 3.05) is 0 Å². The number of hydrogen-bond donors (Lipinski definition) is 1. The van der Waals surface area contributed by atoms with Crippen molar-refractivity contribution in [3.8, 4) is 11.3 Å². The minimum absolute atomic E-state index is 0.577. The lowest BCUT2D eigenvalue weighted by atomic mass is 10.2. The zero-order chi connectivity index (χ0) is 13.2. The molecule has 0 fully saturated rings. The average molecular weight is 271 g/mol. The first-order valence-corrected chi connectivity index (χ1v) is 6.41. The molecule has 0 spiro atoms. The highest BCUT2D eigenvalue weighted by Gasteiger charge is 2.09. The van der Waals surface area contributed by atoms with Gasteiger partial charge in [-0.1, -0.05) is 35.5 Å². The predicted octanol–water partition coefficient (Wildman–Crippen LogP) is 3.56. The summed E-state index contributed by atoms with van der Waals surface area (Å²) in [5.41, 5.74) is 3.03. The van der Waals surface area contributed by atoms with Crippen molar-refractivity contribution in [3.63, 3.8) is 0 Å². The lowest BCUT2D eigenvalue weighted by molar-refractivity contribution is 0.373. The van der Waals surface area contributed by atoms with E-state index in [4.69, 9.17) is 16.7 Å². The maximum atomic E-state index is 5.32. The van der Waals surface area contributed by atoms with Crippen molar-refractivity contribution in [1.82, 2.24) is 14.7 Å². The molecule has 0 unspecified atom stereocenters. The molecular weight excluding hydrogens is 258 g/mol. The molecule has 3 aromatic rings. The molecule has 0 bridgehead atoms. The summed E-state index contributed by atoms with van der Waals surface area (Å²) >= 11 is 5.32. The predicted molar refractivity (Wildman–Crippen MR) is 75.4 cm³/mol. The fourth-order valence-corrected chi connectivity index (χ4v) is 2.27. The Morgan fingerprint density at radius 1 is 1.32 bits per heavy atom. The molecule has 0 amide bonds. The molecule has 0 aliphatic rings. The van der Waals surface area contributed by atoms with Gasteiger partial charge in [0.05, 0.1) is 17.9 Å². The molecule has 3 rings (SSSR count). The minimum Gasteiger partial charge on any atom is -0.359 e. The van der Waals surface area contributed by atoms with E-state index < -0.39 is 0 Å². The number of nitrogens with one attached hydrogen (secondary N) is 1. The van der Waals surface area contributed by atoms with E-state index in [1.807, 2.05) is 42.0 Å². The number of hydrogen-bond acceptors (Lipinski definition) is 3. The second kappa shape index (κ2) is 4.85. The largest absolute Gasteiger partial charge is 0.359 e. The molecule has 2 heterocycles. The number of imidazole rings is 1. The summed E-state index contributed by atoms with van der Waals surface area (Å²) in [7, 11) is 0. The third kappa shape index (κ3) is 2.37. The molecule has 0 saturated carbocycles. The monoisotopic (exact) mass is 271 g/mol. The topological polar surface area (TPSA) is 46.8 Å². The maximum Gasteiger partial charge on any atom is 0.178 e. The summed E-state index contributed by atoms with van der Waals surface area (Å²) in [6, 6.07) is 12.0. The fourth-order valence-electron chi connectivity index (χ4n) is 2.05. The molecule has 0 radical (unpaired) electrons. The lowest BCUT2D eigenvalue weighted by Crippen LogP contribution is -2.00. The molecular formula is C14H13N3OS. The molecule has 96 valence electrons. The van der Waals surface area contributed by atoms with Crippen LogP contribution in [0.25, 0.3) is 11.3 Å². The number of aromatic amines is 1. The van der Waals surface area contributed by atoms with Gasteiger partial charge in [0.25, 0.3) is 0 Å². The Balaban J connectivity index is 2.02. The highest BCUT2D eigenvalue weighted by molar-refractivity contribution is 7.71. The fraction of sp³-hybridized carbons (Fsp3) is 0.143. The molecule has 0 atom stereocenters. The first-order chi connectivity index (χ1) is 9.24. The van der Waals surface area contributed by atoms with Crippen LogP contribution in [-0.4, -0.2) is 14.7 Å². The smallest absolute Gasteiger partial charge is 0.178 e. The van der Waals surface area contributed by atoms with Gasteiger partial charge in [-0.05, 0) is 24.7 Å². The van der Waals surface area contributed by atoms with Crippen LogP contribution >= 0.6 is 12.2 Å². The van der Waals surface area contributed by atoms with Gasteiger partial charge in [-0.25, -0.2) is 0 Å². The van der Waals surface area contributed by atoms with Crippen molar-refractivity contribution in [3.05, 3.63) is 58.8 Å². The Morgan fingerprint density at radius 3 is 2.79 bits per heavy atom. The van der Waals surface area contributed by atoms with Gasteiger partial charge in [0.2, 0.25) is 0 Å². The third-order valence-electron chi connectivity index (χ3n) is 2.93. The number of nitrogens with zero attached hydrogens (tertiary/aromatic N) is 2. The highest BCUT2D eigenvalue weighted by Crippen LogP contribution is 2.20. The van der Waals surface area contributed by atoms with Crippen LogP contribution in [-0.2, 0) is 6.54 Å². The summed E-state index contributed by atoms with van der Waals surface area (Å²) in [6.45, 7) is 2.48. The zero-order valence-corrected chi connectivity index (χ0v) is 11.3. The van der Waals surface area contributed by atoms with Crippen molar-refractivity contribution >= 4 is 12.2 Å². The van der Waals surface area contributed by atoms with E-state index >= 15 is 0 Å². The summed E-state index contributed by atoms with van der Waals surface area (Å²) in [6.07, 6.45) is 1.92. The molecule has 19 heavy (non-hydrogen) atoms. The second-order valence-corrected chi connectivity index (χ2v) is 4.75. The number of benzene rings is 1. The van der Waals surface area contributed by atoms with Crippen LogP contribution in [0.5, 0.6) is 0 Å². The van der Waals surface area contributed by atoms with Crippen molar-refractivity contribution < 1.29 is 4.52 Å². The van der Waals surface area contributed by atoms with Gasteiger partial charge < -0.3 is 14.1 Å². The Morgan fingerprint density at radius 2 is 2.11 bits per heavy atom. The van der Waals surface area contributed by atoms with E-state index in [1.165, 1.54) is 0 Å². The van der Waals surface area contributed by atoms with Gasteiger partial charge in [-0.2, -0.15) is 0 Å². The summed E-state index contributed by atoms with van der Waals surface area (Å²) in [5, 5.41) is 3.90. The van der Waals surface area contributed by atoms with E-state index in [0.29, 0.717) is 11.3 Å². The molecule has 0 saturated heterocycles. The van der Waals surface area contributed by atoms with E-state index in [9.17, 15) is 0 Å². The van der Waals surface area contributed by atoms with Crippen molar-refractivity contribution in [2.45, 2.75) is 13.5 Å². The van der Waals surface area contributed by atoms with Gasteiger partial charge >= 0.3 is 0 Å². The van der Waals surface area contributed by atoms with E-state index in [2.05, 4.69) is 22.3 Å². The van der Waals surface area contributed by atoms with Gasteiger partial charge in [0.15, 0.2) is 10.5 Å². The zero-order valence-electron chi connectivity index (χ0n) is 10.5. The van der Waals surface area contributed by atoms with Crippen molar-refractivity contribution in [2.24, 2.45) is 0 Å². The molecule has 0 aliphatic carbocycles. The number of aromatic nitrogens is 3. The Kier molecular flexibility index (Phi) is 3.05. The van der Waals surface area contributed by atoms with Crippen LogP contribution < -0.4 is 0 Å². The van der Waals surface area contributed by atoms with Crippen LogP contribution in [0.2, 0.25) is 0 Å². The average Bonchev–Trinajstić information content (AvgIpc) is 2.99. The van der Waals surface area contributed by atoms with Crippen LogP contribution in [0.4, 0.5) is 0 Å². The normalized spacial score (nSPS) is 10.8.